The summed E-state index contributed by atoms with van der Waals surface area (Å²) in [5.74, 6) is 0. The van der Waals surface area contributed by atoms with Crippen molar-refractivity contribution in [2.45, 2.75) is 27.7 Å². The predicted molar refractivity (Wildman–Crippen MR) is 52.7 cm³/mol. The Balaban J connectivity index is 4.02. The van der Waals surface area contributed by atoms with Gasteiger partial charge < -0.3 is 0 Å². The molecule has 12 heavy (non-hydrogen) atoms. The van der Waals surface area contributed by atoms with E-state index in [1.165, 1.54) is 0 Å². The molecule has 72 valence electrons. The highest BCUT2D eigenvalue weighted by molar-refractivity contribution is 6.44. The molecule has 0 heterocycles. The summed E-state index contributed by atoms with van der Waals surface area (Å²) in [7, 11) is -0.907. The molecule has 0 aromatic heterocycles. The molecular formula is C8H20BFN2. The zero-order valence-corrected chi connectivity index (χ0v) is 8.68. The van der Waals surface area contributed by atoms with Crippen LogP contribution in [-0.2, 0) is 0 Å². The van der Waals surface area contributed by atoms with Crippen LogP contribution in [0.5, 0.6) is 0 Å². The summed E-state index contributed by atoms with van der Waals surface area (Å²) in [6, 6.07) is 0. The number of hydrogen-bond donors (Lipinski definition) is 0. The Labute approximate surface area is 75.9 Å². The van der Waals surface area contributed by atoms with Crippen LogP contribution < -0.4 is 0 Å². The van der Waals surface area contributed by atoms with E-state index >= 15 is 0 Å². The number of halogens is 1. The molecule has 0 unspecified atom stereocenters. The summed E-state index contributed by atoms with van der Waals surface area (Å²) < 4.78 is 13.6. The highest BCUT2D eigenvalue weighted by Gasteiger charge is 2.27. The van der Waals surface area contributed by atoms with Crippen molar-refractivity contribution in [1.29, 1.82) is 0 Å². The second-order valence-electron chi connectivity index (χ2n) is 2.75. The van der Waals surface area contributed by atoms with Gasteiger partial charge in [0, 0.05) is 0 Å². The third kappa shape index (κ3) is 3.11. The lowest BCUT2D eigenvalue weighted by atomic mass is 9.97. The molecule has 0 amide bonds. The van der Waals surface area contributed by atoms with Crippen molar-refractivity contribution in [3.05, 3.63) is 0 Å². The van der Waals surface area contributed by atoms with E-state index in [0.29, 0.717) is 0 Å². The van der Waals surface area contributed by atoms with Crippen molar-refractivity contribution in [2.24, 2.45) is 0 Å². The van der Waals surface area contributed by atoms with E-state index in [4.69, 9.17) is 0 Å². The minimum atomic E-state index is -0.907. The first-order valence-electron chi connectivity index (χ1n) is 4.83. The molecule has 0 saturated carbocycles. The molecular weight excluding hydrogens is 154 g/mol. The molecule has 4 heteroatoms. The van der Waals surface area contributed by atoms with E-state index in [2.05, 4.69) is 0 Å². The molecule has 0 rings (SSSR count). The van der Waals surface area contributed by atoms with E-state index in [1.54, 1.807) is 0 Å². The van der Waals surface area contributed by atoms with Crippen LogP contribution >= 0.6 is 0 Å². The van der Waals surface area contributed by atoms with E-state index in [-0.39, 0.29) is 0 Å². The molecule has 0 radical (unpaired) electrons. The average molecular weight is 174 g/mol. The average Bonchev–Trinajstić information content (AvgIpc) is 2.09. The summed E-state index contributed by atoms with van der Waals surface area (Å²) in [5.41, 5.74) is 0. The molecule has 0 atom stereocenters. The van der Waals surface area contributed by atoms with E-state index in [0.717, 1.165) is 26.2 Å². The largest absolute Gasteiger partial charge is 0.520 e. The van der Waals surface area contributed by atoms with E-state index < -0.39 is 7.26 Å². The highest BCUT2D eigenvalue weighted by Crippen LogP contribution is 2.02. The van der Waals surface area contributed by atoms with Crippen molar-refractivity contribution >= 4 is 7.26 Å². The van der Waals surface area contributed by atoms with Crippen LogP contribution in [0.25, 0.3) is 0 Å². The normalized spacial score (nSPS) is 11.2. The van der Waals surface area contributed by atoms with E-state index in [9.17, 15) is 4.32 Å². The summed E-state index contributed by atoms with van der Waals surface area (Å²) in [6.45, 7) is 11.0. The molecule has 0 aliphatic rings. The lowest BCUT2D eigenvalue weighted by Gasteiger charge is -2.27. The predicted octanol–water partition coefficient (Wildman–Crippen LogP) is 1.62. The third-order valence-electron chi connectivity index (χ3n) is 2.23. The van der Waals surface area contributed by atoms with Gasteiger partial charge in [-0.2, -0.15) is 0 Å². The quantitative estimate of drug-likeness (QED) is 0.564. The Morgan fingerprint density at radius 3 is 1.25 bits per heavy atom. The molecule has 0 spiro atoms. The molecule has 2 nitrogen and oxygen atoms in total. The molecule has 0 aliphatic carbocycles. The molecule has 0 saturated heterocycles. The third-order valence-corrected chi connectivity index (χ3v) is 2.23. The number of rotatable bonds is 6. The fourth-order valence-corrected chi connectivity index (χ4v) is 1.28. The van der Waals surface area contributed by atoms with Crippen LogP contribution in [-0.4, -0.2) is 43.1 Å². The fraction of sp³-hybridized carbons (Fsp3) is 1.00. The van der Waals surface area contributed by atoms with Gasteiger partial charge >= 0.3 is 7.26 Å². The van der Waals surface area contributed by atoms with Crippen molar-refractivity contribution in [1.82, 2.24) is 9.62 Å². The van der Waals surface area contributed by atoms with Gasteiger partial charge in [0.25, 0.3) is 0 Å². The molecule has 0 aromatic rings. The minimum absolute atomic E-state index is 0.772. The summed E-state index contributed by atoms with van der Waals surface area (Å²) in [4.78, 5) is 3.62. The Kier molecular flexibility index (Phi) is 6.39. The minimum Gasteiger partial charge on any atom is -0.299 e. The molecule has 0 fully saturated rings. The molecule has 0 bridgehead atoms. The monoisotopic (exact) mass is 174 g/mol. The summed E-state index contributed by atoms with van der Waals surface area (Å²) in [5, 5.41) is 0. The van der Waals surface area contributed by atoms with Crippen LogP contribution in [0.3, 0.4) is 0 Å². The van der Waals surface area contributed by atoms with Gasteiger partial charge in [0.2, 0.25) is 0 Å². The Hall–Kier alpha value is -0.0851. The zero-order valence-electron chi connectivity index (χ0n) is 8.68. The van der Waals surface area contributed by atoms with Crippen LogP contribution in [0.2, 0.25) is 0 Å². The smallest absolute Gasteiger partial charge is 0.299 e. The summed E-state index contributed by atoms with van der Waals surface area (Å²) >= 11 is 0. The maximum Gasteiger partial charge on any atom is 0.520 e. The number of hydrogen-bond acceptors (Lipinski definition) is 2. The second-order valence-corrected chi connectivity index (χ2v) is 2.75. The van der Waals surface area contributed by atoms with Gasteiger partial charge in [0.15, 0.2) is 0 Å². The van der Waals surface area contributed by atoms with Gasteiger partial charge in [-0.15, -0.1) is 0 Å². The number of nitrogens with zero attached hydrogens (tertiary/aromatic N) is 2. The second kappa shape index (κ2) is 6.43. The lowest BCUT2D eigenvalue weighted by Crippen LogP contribution is -2.49. The molecule has 0 N–H and O–H groups in total. The van der Waals surface area contributed by atoms with Crippen molar-refractivity contribution in [3.63, 3.8) is 0 Å². The van der Waals surface area contributed by atoms with Gasteiger partial charge in [-0.3, -0.25) is 13.9 Å². The van der Waals surface area contributed by atoms with Gasteiger partial charge in [-0.1, -0.05) is 27.7 Å². The lowest BCUT2D eigenvalue weighted by molar-refractivity contribution is 0.335. The van der Waals surface area contributed by atoms with Crippen LogP contribution in [0.15, 0.2) is 0 Å². The van der Waals surface area contributed by atoms with Gasteiger partial charge in [0.1, 0.15) is 0 Å². The first-order valence-corrected chi connectivity index (χ1v) is 4.83. The van der Waals surface area contributed by atoms with E-state index in [1.807, 2.05) is 37.3 Å². The van der Waals surface area contributed by atoms with Crippen molar-refractivity contribution in [2.75, 3.05) is 26.2 Å². The highest BCUT2D eigenvalue weighted by atomic mass is 19.1. The maximum absolute atomic E-state index is 13.6. The van der Waals surface area contributed by atoms with Gasteiger partial charge in [0.05, 0.1) is 0 Å². The molecule has 0 aliphatic heterocycles. The standard InChI is InChI=1S/C8H20BFN2/c1-5-11(6-2)9(10)12(7-3)8-4/h5-8H2,1-4H3. The first-order chi connectivity index (χ1) is 5.71. The zero-order chi connectivity index (χ0) is 9.56. The first kappa shape index (κ1) is 11.9. The Morgan fingerprint density at radius 2 is 1.08 bits per heavy atom. The topological polar surface area (TPSA) is 6.48 Å². The van der Waals surface area contributed by atoms with Crippen molar-refractivity contribution in [3.8, 4) is 0 Å². The van der Waals surface area contributed by atoms with Gasteiger partial charge in [-0.05, 0) is 26.2 Å². The molecule has 0 aromatic carbocycles. The van der Waals surface area contributed by atoms with Gasteiger partial charge in [-0.25, -0.2) is 0 Å². The maximum atomic E-state index is 13.6. The van der Waals surface area contributed by atoms with Crippen LogP contribution in [0.1, 0.15) is 27.7 Å². The van der Waals surface area contributed by atoms with Crippen LogP contribution in [0, 0.1) is 0 Å². The fourth-order valence-electron chi connectivity index (χ4n) is 1.28. The van der Waals surface area contributed by atoms with Crippen LogP contribution in [0.4, 0.5) is 4.32 Å². The Bertz CT molecular complexity index is 93.2. The SMILES string of the molecule is CCN(CC)B(F)N(CC)CC. The van der Waals surface area contributed by atoms with Crippen molar-refractivity contribution < 1.29 is 4.32 Å². The summed E-state index contributed by atoms with van der Waals surface area (Å²) in [6.07, 6.45) is 0. The Morgan fingerprint density at radius 1 is 0.833 bits per heavy atom.